The first kappa shape index (κ1) is 16.9. The number of nitrogens with zero attached hydrogens (tertiary/aromatic N) is 2. The van der Waals surface area contributed by atoms with E-state index in [1.165, 1.54) is 6.42 Å². The van der Waals surface area contributed by atoms with Crippen molar-refractivity contribution in [2.24, 2.45) is 5.92 Å². The molecule has 0 spiro atoms. The molecule has 1 aliphatic heterocycles. The first-order valence-electron chi connectivity index (χ1n) is 7.21. The van der Waals surface area contributed by atoms with Crippen molar-refractivity contribution in [1.29, 1.82) is 0 Å². The van der Waals surface area contributed by atoms with Gasteiger partial charge in [0.2, 0.25) is 0 Å². The molecule has 0 bridgehead atoms. The predicted molar refractivity (Wildman–Crippen MR) is 90.5 cm³/mol. The Bertz CT molecular complexity index is 434. The Hall–Kier alpha value is -1.13. The Balaban J connectivity index is 0.000000956. The molecule has 5 heteroatoms. The lowest BCUT2D eigenvalue weighted by Gasteiger charge is -2.22. The molecule has 0 aliphatic carbocycles. The lowest BCUT2D eigenvalue weighted by Crippen LogP contribution is -2.25. The summed E-state index contributed by atoms with van der Waals surface area (Å²) in [6, 6.07) is 3.63. The highest BCUT2D eigenvalue weighted by Crippen LogP contribution is 2.35. The Morgan fingerprint density at radius 2 is 1.85 bits per heavy atom. The number of anilines is 3. The maximum Gasteiger partial charge on any atom is 0.0661 e. The monoisotopic (exact) mass is 298 g/mol. The summed E-state index contributed by atoms with van der Waals surface area (Å²) in [4.78, 5) is 4.53. The summed E-state index contributed by atoms with van der Waals surface area (Å²) in [6.07, 6.45) is 1.19. The maximum absolute atomic E-state index is 6.25. The molecule has 20 heavy (non-hydrogen) atoms. The van der Waals surface area contributed by atoms with Crippen LogP contribution in [0, 0.1) is 5.92 Å². The molecule has 0 aromatic heterocycles. The van der Waals surface area contributed by atoms with Crippen molar-refractivity contribution in [3.63, 3.8) is 0 Å². The number of rotatable bonds is 3. The maximum atomic E-state index is 6.25. The molecule has 1 heterocycles. The van der Waals surface area contributed by atoms with E-state index in [1.54, 1.807) is 6.07 Å². The highest BCUT2D eigenvalue weighted by molar-refractivity contribution is 6.33. The summed E-state index contributed by atoms with van der Waals surface area (Å²) < 4.78 is 0. The van der Waals surface area contributed by atoms with E-state index in [0.29, 0.717) is 22.3 Å². The van der Waals surface area contributed by atoms with Crippen LogP contribution >= 0.6 is 11.6 Å². The second-order valence-electron chi connectivity index (χ2n) is 5.30. The molecular formula is C15H27ClN4. The van der Waals surface area contributed by atoms with Gasteiger partial charge in [0.15, 0.2) is 0 Å². The van der Waals surface area contributed by atoms with Gasteiger partial charge in [-0.05, 0) is 38.6 Å². The average molecular weight is 299 g/mol. The summed E-state index contributed by atoms with van der Waals surface area (Å²) in [7, 11) is 4.22. The molecular weight excluding hydrogens is 272 g/mol. The molecule has 0 amide bonds. The Kier molecular flexibility index (Phi) is 6.43. The van der Waals surface area contributed by atoms with Gasteiger partial charge in [0, 0.05) is 19.6 Å². The van der Waals surface area contributed by atoms with Gasteiger partial charge in [-0.2, -0.15) is 0 Å². The molecule has 1 aromatic rings. The van der Waals surface area contributed by atoms with Crippen LogP contribution in [0.5, 0.6) is 0 Å². The van der Waals surface area contributed by atoms with Crippen molar-refractivity contribution in [2.45, 2.75) is 20.3 Å². The number of nitrogen functional groups attached to an aromatic ring is 2. The van der Waals surface area contributed by atoms with Crippen molar-refractivity contribution < 1.29 is 0 Å². The Morgan fingerprint density at radius 3 is 2.45 bits per heavy atom. The van der Waals surface area contributed by atoms with E-state index in [1.807, 2.05) is 19.9 Å². The van der Waals surface area contributed by atoms with Gasteiger partial charge >= 0.3 is 0 Å². The van der Waals surface area contributed by atoms with Crippen molar-refractivity contribution >= 4 is 28.7 Å². The van der Waals surface area contributed by atoms with Gasteiger partial charge in [0.25, 0.3) is 0 Å². The molecule has 114 valence electrons. The third-order valence-corrected chi connectivity index (χ3v) is 3.71. The standard InChI is InChI=1S/C13H21ClN4.C2H6/c1-17(2)7-9-3-4-18(8-9)13-6-12(16)11(15)5-10(13)14;1-2/h5-6,9H,3-4,7-8,15-16H2,1-2H3;1-2H3. The fourth-order valence-electron chi connectivity index (χ4n) is 2.55. The first-order chi connectivity index (χ1) is 9.47. The largest absolute Gasteiger partial charge is 0.397 e. The molecule has 2 rings (SSSR count). The van der Waals surface area contributed by atoms with Crippen LogP contribution in [0.1, 0.15) is 20.3 Å². The van der Waals surface area contributed by atoms with Gasteiger partial charge < -0.3 is 21.3 Å². The second kappa shape index (κ2) is 7.60. The highest BCUT2D eigenvalue weighted by Gasteiger charge is 2.24. The predicted octanol–water partition coefficient (Wildman–Crippen LogP) is 2.92. The van der Waals surface area contributed by atoms with Crippen molar-refractivity contribution in [3.05, 3.63) is 17.2 Å². The van der Waals surface area contributed by atoms with E-state index in [0.717, 1.165) is 25.3 Å². The normalized spacial score (nSPS) is 18.1. The first-order valence-corrected chi connectivity index (χ1v) is 7.59. The summed E-state index contributed by atoms with van der Waals surface area (Å²) in [5.74, 6) is 0.690. The van der Waals surface area contributed by atoms with Gasteiger partial charge in [-0.3, -0.25) is 0 Å². The molecule has 1 aliphatic rings. The second-order valence-corrected chi connectivity index (χ2v) is 5.70. The van der Waals surface area contributed by atoms with Gasteiger partial charge in [-0.15, -0.1) is 0 Å². The van der Waals surface area contributed by atoms with Crippen LogP contribution in [-0.2, 0) is 0 Å². The zero-order valence-electron chi connectivity index (χ0n) is 13.0. The molecule has 0 saturated carbocycles. The molecule has 1 fully saturated rings. The van der Waals surface area contributed by atoms with Crippen LogP contribution < -0.4 is 16.4 Å². The number of hydrogen-bond acceptors (Lipinski definition) is 4. The quantitative estimate of drug-likeness (QED) is 0.843. The summed E-state index contributed by atoms with van der Waals surface area (Å²) in [5, 5.41) is 0.687. The molecule has 1 atom stereocenters. The van der Waals surface area contributed by atoms with Crippen molar-refractivity contribution in [2.75, 3.05) is 50.1 Å². The number of hydrogen-bond donors (Lipinski definition) is 2. The van der Waals surface area contributed by atoms with E-state index in [4.69, 9.17) is 23.1 Å². The highest BCUT2D eigenvalue weighted by atomic mass is 35.5. The van der Waals surface area contributed by atoms with Crippen LogP contribution in [0.2, 0.25) is 5.02 Å². The molecule has 4 nitrogen and oxygen atoms in total. The van der Waals surface area contributed by atoms with Crippen molar-refractivity contribution in [1.82, 2.24) is 4.90 Å². The van der Waals surface area contributed by atoms with E-state index < -0.39 is 0 Å². The fraction of sp³-hybridized carbons (Fsp3) is 0.600. The number of halogens is 1. The molecule has 1 saturated heterocycles. The summed E-state index contributed by atoms with van der Waals surface area (Å²) in [5.41, 5.74) is 13.8. The molecule has 1 unspecified atom stereocenters. The third-order valence-electron chi connectivity index (χ3n) is 3.40. The van der Waals surface area contributed by atoms with Crippen LogP contribution in [-0.4, -0.2) is 38.6 Å². The SMILES string of the molecule is CC.CN(C)CC1CCN(c2cc(N)c(N)cc2Cl)C1. The Morgan fingerprint density at radius 1 is 1.25 bits per heavy atom. The summed E-state index contributed by atoms with van der Waals surface area (Å²) in [6.45, 7) is 7.17. The molecule has 0 radical (unpaired) electrons. The smallest absolute Gasteiger partial charge is 0.0661 e. The van der Waals surface area contributed by atoms with Crippen LogP contribution in [0.3, 0.4) is 0 Å². The van der Waals surface area contributed by atoms with Gasteiger partial charge in [0.1, 0.15) is 0 Å². The third kappa shape index (κ3) is 4.18. The minimum absolute atomic E-state index is 0.549. The number of benzene rings is 1. The van der Waals surface area contributed by atoms with E-state index >= 15 is 0 Å². The lowest BCUT2D eigenvalue weighted by atomic mass is 10.1. The Labute approximate surface area is 127 Å². The van der Waals surface area contributed by atoms with E-state index in [9.17, 15) is 0 Å². The van der Waals surface area contributed by atoms with Gasteiger partial charge in [-0.1, -0.05) is 25.4 Å². The number of nitrogens with two attached hydrogens (primary N) is 2. The topological polar surface area (TPSA) is 58.5 Å². The van der Waals surface area contributed by atoms with E-state index in [2.05, 4.69) is 23.9 Å². The zero-order chi connectivity index (χ0) is 15.3. The van der Waals surface area contributed by atoms with Crippen molar-refractivity contribution in [3.8, 4) is 0 Å². The average Bonchev–Trinajstić information content (AvgIpc) is 2.83. The zero-order valence-corrected chi connectivity index (χ0v) is 13.7. The van der Waals surface area contributed by atoms with Crippen LogP contribution in [0.15, 0.2) is 12.1 Å². The molecule has 1 aromatic carbocycles. The van der Waals surface area contributed by atoms with Crippen LogP contribution in [0.4, 0.5) is 17.1 Å². The lowest BCUT2D eigenvalue weighted by molar-refractivity contribution is 0.340. The fourth-order valence-corrected chi connectivity index (χ4v) is 2.84. The minimum Gasteiger partial charge on any atom is -0.397 e. The van der Waals surface area contributed by atoms with Gasteiger partial charge in [0.05, 0.1) is 22.1 Å². The van der Waals surface area contributed by atoms with Crippen LogP contribution in [0.25, 0.3) is 0 Å². The van der Waals surface area contributed by atoms with Gasteiger partial charge in [-0.25, -0.2) is 0 Å². The summed E-state index contributed by atoms with van der Waals surface area (Å²) >= 11 is 6.25. The minimum atomic E-state index is 0.549. The molecule has 4 N–H and O–H groups in total. The van der Waals surface area contributed by atoms with E-state index in [-0.39, 0.29) is 0 Å².